The summed E-state index contributed by atoms with van der Waals surface area (Å²) in [5.41, 5.74) is 0. The number of carbonyl (C=O) groups excluding carboxylic acids is 1. The third kappa shape index (κ3) is 4.97. The highest BCUT2D eigenvalue weighted by atomic mass is 16.1. The van der Waals surface area contributed by atoms with Gasteiger partial charge in [0.2, 0.25) is 5.91 Å². The van der Waals surface area contributed by atoms with Gasteiger partial charge in [-0.15, -0.1) is 0 Å². The van der Waals surface area contributed by atoms with E-state index in [-0.39, 0.29) is 5.91 Å². The Morgan fingerprint density at radius 1 is 1.38 bits per heavy atom. The molecule has 0 atom stereocenters. The lowest BCUT2D eigenvalue weighted by molar-refractivity contribution is -0.118. The van der Waals surface area contributed by atoms with Gasteiger partial charge in [-0.3, -0.25) is 4.79 Å². The minimum absolute atomic E-state index is 0.0820. The van der Waals surface area contributed by atoms with Gasteiger partial charge in [0.25, 0.3) is 0 Å². The van der Waals surface area contributed by atoms with Gasteiger partial charge >= 0.3 is 0 Å². The van der Waals surface area contributed by atoms with Gasteiger partial charge < -0.3 is 10.2 Å². The molecular weight excluding hydrogens is 200 g/mol. The van der Waals surface area contributed by atoms with E-state index < -0.39 is 0 Å². The van der Waals surface area contributed by atoms with Crippen molar-refractivity contribution in [1.29, 1.82) is 0 Å². The molecule has 0 spiro atoms. The van der Waals surface area contributed by atoms with Gasteiger partial charge in [-0.2, -0.15) is 0 Å². The van der Waals surface area contributed by atoms with E-state index in [1.165, 1.54) is 25.9 Å². The molecule has 0 radical (unpaired) electrons. The second-order valence-electron chi connectivity index (χ2n) is 5.26. The zero-order valence-corrected chi connectivity index (χ0v) is 11.0. The molecule has 0 aliphatic carbocycles. The zero-order valence-electron chi connectivity index (χ0n) is 11.0. The van der Waals surface area contributed by atoms with Crippen molar-refractivity contribution in [3.8, 4) is 0 Å². The topological polar surface area (TPSA) is 32.3 Å². The van der Waals surface area contributed by atoms with Gasteiger partial charge in [-0.05, 0) is 50.7 Å². The predicted molar refractivity (Wildman–Crippen MR) is 67.3 cm³/mol. The molecule has 16 heavy (non-hydrogen) atoms. The minimum atomic E-state index is 0.0820. The van der Waals surface area contributed by atoms with Crippen LogP contribution in [0.5, 0.6) is 0 Å². The maximum Gasteiger partial charge on any atom is 0.216 e. The summed E-state index contributed by atoms with van der Waals surface area (Å²) in [6, 6.07) is 0. The molecule has 0 aromatic rings. The summed E-state index contributed by atoms with van der Waals surface area (Å²) in [7, 11) is 0. The SMILES string of the molecule is CC(=O)NCCCN1CCC(C(C)C)CC1. The highest BCUT2D eigenvalue weighted by molar-refractivity contribution is 5.72. The van der Waals surface area contributed by atoms with E-state index in [1.807, 2.05) is 0 Å². The number of likely N-dealkylation sites (tertiary alicyclic amines) is 1. The summed E-state index contributed by atoms with van der Waals surface area (Å²) in [5, 5.41) is 2.85. The van der Waals surface area contributed by atoms with E-state index in [4.69, 9.17) is 0 Å². The van der Waals surface area contributed by atoms with E-state index in [0.717, 1.165) is 31.3 Å². The van der Waals surface area contributed by atoms with Gasteiger partial charge in [-0.1, -0.05) is 13.8 Å². The average molecular weight is 226 g/mol. The Morgan fingerprint density at radius 3 is 2.50 bits per heavy atom. The maximum absolute atomic E-state index is 10.7. The molecule has 1 N–H and O–H groups in total. The monoisotopic (exact) mass is 226 g/mol. The van der Waals surface area contributed by atoms with Crippen LogP contribution in [-0.2, 0) is 4.79 Å². The van der Waals surface area contributed by atoms with Crippen molar-refractivity contribution in [3.05, 3.63) is 0 Å². The van der Waals surface area contributed by atoms with Crippen LogP contribution in [0.2, 0.25) is 0 Å². The molecule has 0 saturated carbocycles. The molecule has 0 aromatic heterocycles. The Kier molecular flexibility index (Phi) is 5.81. The Balaban J connectivity index is 2.06. The first-order valence-corrected chi connectivity index (χ1v) is 6.56. The van der Waals surface area contributed by atoms with E-state index in [9.17, 15) is 4.79 Å². The van der Waals surface area contributed by atoms with Crippen molar-refractivity contribution >= 4 is 5.91 Å². The molecule has 1 saturated heterocycles. The van der Waals surface area contributed by atoms with Crippen molar-refractivity contribution in [2.45, 2.75) is 40.0 Å². The second-order valence-corrected chi connectivity index (χ2v) is 5.26. The number of hydrogen-bond donors (Lipinski definition) is 1. The second kappa shape index (κ2) is 6.89. The summed E-state index contributed by atoms with van der Waals surface area (Å²) >= 11 is 0. The van der Waals surface area contributed by atoms with E-state index in [2.05, 4.69) is 24.1 Å². The summed E-state index contributed by atoms with van der Waals surface area (Å²) in [4.78, 5) is 13.2. The summed E-state index contributed by atoms with van der Waals surface area (Å²) in [6.07, 6.45) is 3.77. The molecule has 0 unspecified atom stereocenters. The number of nitrogens with zero attached hydrogens (tertiary/aromatic N) is 1. The predicted octanol–water partition coefficient (Wildman–Crippen LogP) is 1.88. The van der Waals surface area contributed by atoms with Crippen molar-refractivity contribution in [3.63, 3.8) is 0 Å². The largest absolute Gasteiger partial charge is 0.356 e. The molecule has 1 heterocycles. The number of amides is 1. The minimum Gasteiger partial charge on any atom is -0.356 e. The number of nitrogens with one attached hydrogen (secondary N) is 1. The number of rotatable bonds is 5. The van der Waals surface area contributed by atoms with Crippen molar-refractivity contribution < 1.29 is 4.79 Å². The summed E-state index contributed by atoms with van der Waals surface area (Å²) in [5.74, 6) is 1.84. The van der Waals surface area contributed by atoms with Crippen LogP contribution in [0.1, 0.15) is 40.0 Å². The Morgan fingerprint density at radius 2 is 2.00 bits per heavy atom. The lowest BCUT2D eigenvalue weighted by Crippen LogP contribution is -2.37. The van der Waals surface area contributed by atoms with E-state index >= 15 is 0 Å². The van der Waals surface area contributed by atoms with Crippen LogP contribution in [0.3, 0.4) is 0 Å². The Labute approximate surface area is 99.6 Å². The molecule has 1 aliphatic heterocycles. The van der Waals surface area contributed by atoms with Crippen LogP contribution in [0.25, 0.3) is 0 Å². The maximum atomic E-state index is 10.7. The normalized spacial score (nSPS) is 19.0. The molecule has 3 heteroatoms. The highest BCUT2D eigenvalue weighted by Crippen LogP contribution is 2.24. The van der Waals surface area contributed by atoms with Gasteiger partial charge in [0.1, 0.15) is 0 Å². The van der Waals surface area contributed by atoms with Crippen LogP contribution in [-0.4, -0.2) is 37.0 Å². The first kappa shape index (κ1) is 13.5. The van der Waals surface area contributed by atoms with Gasteiger partial charge in [-0.25, -0.2) is 0 Å². The number of hydrogen-bond acceptors (Lipinski definition) is 2. The van der Waals surface area contributed by atoms with E-state index in [1.54, 1.807) is 6.92 Å². The quantitative estimate of drug-likeness (QED) is 0.726. The van der Waals surface area contributed by atoms with Gasteiger partial charge in [0.05, 0.1) is 0 Å². The first-order chi connectivity index (χ1) is 7.59. The molecule has 0 bridgehead atoms. The fraction of sp³-hybridized carbons (Fsp3) is 0.923. The lowest BCUT2D eigenvalue weighted by atomic mass is 9.87. The molecule has 3 nitrogen and oxygen atoms in total. The summed E-state index contributed by atoms with van der Waals surface area (Å²) < 4.78 is 0. The molecule has 0 aromatic carbocycles. The van der Waals surface area contributed by atoms with E-state index in [0.29, 0.717) is 0 Å². The van der Waals surface area contributed by atoms with Crippen LogP contribution in [0.15, 0.2) is 0 Å². The molecule has 1 aliphatic rings. The molecule has 1 rings (SSSR count). The Hall–Kier alpha value is -0.570. The molecular formula is C13H26N2O. The zero-order chi connectivity index (χ0) is 12.0. The van der Waals surface area contributed by atoms with Crippen molar-refractivity contribution in [1.82, 2.24) is 10.2 Å². The molecule has 1 amide bonds. The highest BCUT2D eigenvalue weighted by Gasteiger charge is 2.20. The number of piperidine rings is 1. The summed E-state index contributed by atoms with van der Waals surface area (Å²) in [6.45, 7) is 10.7. The Bertz CT molecular complexity index is 208. The average Bonchev–Trinajstić information content (AvgIpc) is 2.25. The van der Waals surface area contributed by atoms with Gasteiger partial charge in [0.15, 0.2) is 0 Å². The third-order valence-corrected chi connectivity index (χ3v) is 3.60. The van der Waals surface area contributed by atoms with Crippen LogP contribution >= 0.6 is 0 Å². The molecule has 94 valence electrons. The van der Waals surface area contributed by atoms with Crippen LogP contribution in [0.4, 0.5) is 0 Å². The van der Waals surface area contributed by atoms with Crippen LogP contribution in [0, 0.1) is 11.8 Å². The molecule has 1 fully saturated rings. The number of carbonyl (C=O) groups is 1. The van der Waals surface area contributed by atoms with Crippen molar-refractivity contribution in [2.24, 2.45) is 11.8 Å². The first-order valence-electron chi connectivity index (χ1n) is 6.56. The fourth-order valence-electron chi connectivity index (χ4n) is 2.41. The standard InChI is InChI=1S/C13H26N2O/c1-11(2)13-5-9-15(10-6-13)8-4-7-14-12(3)16/h11,13H,4-10H2,1-3H3,(H,14,16). The fourth-order valence-corrected chi connectivity index (χ4v) is 2.41. The van der Waals surface area contributed by atoms with Gasteiger partial charge in [0, 0.05) is 13.5 Å². The third-order valence-electron chi connectivity index (χ3n) is 3.60. The van der Waals surface area contributed by atoms with Crippen molar-refractivity contribution in [2.75, 3.05) is 26.2 Å². The smallest absolute Gasteiger partial charge is 0.216 e. The van der Waals surface area contributed by atoms with Crippen LogP contribution < -0.4 is 5.32 Å². The lowest BCUT2D eigenvalue weighted by Gasteiger charge is -2.33.